The summed E-state index contributed by atoms with van der Waals surface area (Å²) < 4.78 is 1.87. The van der Waals surface area contributed by atoms with Crippen molar-refractivity contribution in [1.82, 2.24) is 15.0 Å². The van der Waals surface area contributed by atoms with Crippen LogP contribution in [0.25, 0.3) is 28.1 Å². The Morgan fingerprint density at radius 1 is 0.565 bits per heavy atom. The van der Waals surface area contributed by atoms with Crippen LogP contribution in [0, 0.1) is 0 Å². The minimum Gasteiger partial charge on any atom is -0.213 e. The van der Waals surface area contributed by atoms with Crippen LogP contribution in [0.15, 0.2) is 91.1 Å². The second-order valence-corrected chi connectivity index (χ2v) is 5.31. The molecule has 0 saturated heterocycles. The van der Waals surface area contributed by atoms with Crippen LogP contribution in [0.4, 0.5) is 0 Å². The number of rotatable bonds is 3. The topological polar surface area (TPSA) is 30.7 Å². The highest BCUT2D eigenvalue weighted by Gasteiger charge is 2.08. The molecule has 4 rings (SSSR count). The van der Waals surface area contributed by atoms with Gasteiger partial charge < -0.3 is 0 Å². The van der Waals surface area contributed by atoms with E-state index in [-0.39, 0.29) is 0 Å². The first-order valence-electron chi connectivity index (χ1n) is 7.54. The van der Waals surface area contributed by atoms with Crippen LogP contribution in [0.2, 0.25) is 0 Å². The largest absolute Gasteiger partial charge is 0.213 e. The van der Waals surface area contributed by atoms with Gasteiger partial charge in [-0.1, -0.05) is 78.0 Å². The number of hydrogen-bond donors (Lipinski definition) is 0. The van der Waals surface area contributed by atoms with E-state index < -0.39 is 0 Å². The third-order valence-electron chi connectivity index (χ3n) is 3.84. The Kier molecular flexibility index (Phi) is 3.45. The Morgan fingerprint density at radius 2 is 1.13 bits per heavy atom. The van der Waals surface area contributed by atoms with Gasteiger partial charge in [-0.25, -0.2) is 4.68 Å². The number of benzene rings is 3. The summed E-state index contributed by atoms with van der Waals surface area (Å²) in [4.78, 5) is 0. The van der Waals surface area contributed by atoms with Gasteiger partial charge in [-0.2, -0.15) is 0 Å². The van der Waals surface area contributed by atoms with Gasteiger partial charge in [0.1, 0.15) is 0 Å². The first-order valence-corrected chi connectivity index (χ1v) is 7.54. The summed E-state index contributed by atoms with van der Waals surface area (Å²) in [5.41, 5.74) is 5.49. The SMILES string of the molecule is c1ccc(-c2ccc(-n3nncc3-c3ccccc3)cc2)cc1. The summed E-state index contributed by atoms with van der Waals surface area (Å²) in [6.07, 6.45) is 1.79. The van der Waals surface area contributed by atoms with Crippen LogP contribution in [0.1, 0.15) is 0 Å². The molecule has 0 amide bonds. The molecule has 0 spiro atoms. The maximum Gasteiger partial charge on any atom is 0.0944 e. The van der Waals surface area contributed by atoms with E-state index in [0.29, 0.717) is 0 Å². The van der Waals surface area contributed by atoms with E-state index >= 15 is 0 Å². The Morgan fingerprint density at radius 3 is 1.78 bits per heavy atom. The molecule has 3 nitrogen and oxygen atoms in total. The van der Waals surface area contributed by atoms with E-state index in [0.717, 1.165) is 16.9 Å². The fourth-order valence-corrected chi connectivity index (χ4v) is 2.66. The molecular formula is C20H15N3. The molecule has 0 aliphatic heterocycles. The normalized spacial score (nSPS) is 10.6. The van der Waals surface area contributed by atoms with Crippen molar-refractivity contribution in [3.63, 3.8) is 0 Å². The summed E-state index contributed by atoms with van der Waals surface area (Å²) >= 11 is 0. The van der Waals surface area contributed by atoms with Crippen LogP contribution in [-0.2, 0) is 0 Å². The minimum atomic E-state index is 0.984. The van der Waals surface area contributed by atoms with E-state index in [1.54, 1.807) is 6.20 Å². The second kappa shape index (κ2) is 5.89. The lowest BCUT2D eigenvalue weighted by molar-refractivity contribution is 0.808. The summed E-state index contributed by atoms with van der Waals surface area (Å²) in [5.74, 6) is 0. The van der Waals surface area contributed by atoms with Crippen LogP contribution >= 0.6 is 0 Å². The highest BCUT2D eigenvalue weighted by atomic mass is 15.4. The number of aromatic nitrogens is 3. The van der Waals surface area contributed by atoms with Gasteiger partial charge in [0.25, 0.3) is 0 Å². The van der Waals surface area contributed by atoms with E-state index in [4.69, 9.17) is 0 Å². The van der Waals surface area contributed by atoms with Gasteiger partial charge in [-0.3, -0.25) is 0 Å². The zero-order valence-corrected chi connectivity index (χ0v) is 12.5. The molecule has 1 aromatic heterocycles. The molecule has 110 valence electrons. The van der Waals surface area contributed by atoms with E-state index in [2.05, 4.69) is 58.8 Å². The molecule has 0 bridgehead atoms. The molecule has 0 N–H and O–H groups in total. The van der Waals surface area contributed by atoms with Crippen LogP contribution < -0.4 is 0 Å². The third kappa shape index (κ3) is 2.64. The van der Waals surface area contributed by atoms with Crippen LogP contribution in [-0.4, -0.2) is 15.0 Å². The van der Waals surface area contributed by atoms with E-state index in [9.17, 15) is 0 Å². The lowest BCUT2D eigenvalue weighted by Gasteiger charge is -2.08. The zero-order chi connectivity index (χ0) is 15.5. The van der Waals surface area contributed by atoms with Gasteiger partial charge in [0, 0.05) is 5.56 Å². The maximum atomic E-state index is 4.23. The lowest BCUT2D eigenvalue weighted by Crippen LogP contribution is -1.99. The summed E-state index contributed by atoms with van der Waals surface area (Å²) in [6, 6.07) is 28.9. The molecule has 1 heterocycles. The van der Waals surface area contributed by atoms with Gasteiger partial charge in [0.15, 0.2) is 0 Å². The first kappa shape index (κ1) is 13.5. The van der Waals surface area contributed by atoms with Crippen molar-refractivity contribution in [2.24, 2.45) is 0 Å². The highest BCUT2D eigenvalue weighted by Crippen LogP contribution is 2.24. The van der Waals surface area contributed by atoms with Gasteiger partial charge in [-0.15, -0.1) is 5.10 Å². The van der Waals surface area contributed by atoms with Crippen molar-refractivity contribution in [1.29, 1.82) is 0 Å². The van der Waals surface area contributed by atoms with Crippen LogP contribution in [0.3, 0.4) is 0 Å². The molecule has 0 unspecified atom stereocenters. The average Bonchev–Trinajstić information content (AvgIpc) is 3.13. The predicted octanol–water partition coefficient (Wildman–Crippen LogP) is 4.60. The van der Waals surface area contributed by atoms with Crippen LogP contribution in [0.5, 0.6) is 0 Å². The van der Waals surface area contributed by atoms with E-state index in [1.807, 2.05) is 41.1 Å². The summed E-state index contributed by atoms with van der Waals surface area (Å²) in [6.45, 7) is 0. The fourth-order valence-electron chi connectivity index (χ4n) is 2.66. The fraction of sp³-hybridized carbons (Fsp3) is 0. The molecule has 0 radical (unpaired) electrons. The molecule has 3 aromatic carbocycles. The second-order valence-electron chi connectivity index (χ2n) is 5.31. The molecule has 23 heavy (non-hydrogen) atoms. The quantitative estimate of drug-likeness (QED) is 0.553. The Balaban J connectivity index is 1.72. The number of nitrogens with zero attached hydrogens (tertiary/aromatic N) is 3. The molecule has 0 aliphatic rings. The Labute approximate surface area is 134 Å². The van der Waals surface area contributed by atoms with Crippen molar-refractivity contribution >= 4 is 0 Å². The monoisotopic (exact) mass is 297 g/mol. The standard InChI is InChI=1S/C20H15N3/c1-3-7-16(8-4-1)17-11-13-19(14-12-17)23-20(15-21-22-23)18-9-5-2-6-10-18/h1-15H. The summed E-state index contributed by atoms with van der Waals surface area (Å²) in [5, 5.41) is 8.30. The molecular weight excluding hydrogens is 282 g/mol. The Bertz CT molecular complexity index is 895. The molecule has 0 saturated carbocycles. The van der Waals surface area contributed by atoms with Crippen molar-refractivity contribution in [3.8, 4) is 28.1 Å². The third-order valence-corrected chi connectivity index (χ3v) is 3.84. The van der Waals surface area contributed by atoms with Gasteiger partial charge >= 0.3 is 0 Å². The van der Waals surface area contributed by atoms with Gasteiger partial charge in [0.05, 0.1) is 17.6 Å². The van der Waals surface area contributed by atoms with E-state index in [1.165, 1.54) is 11.1 Å². The zero-order valence-electron chi connectivity index (χ0n) is 12.5. The van der Waals surface area contributed by atoms with Crippen molar-refractivity contribution in [3.05, 3.63) is 91.1 Å². The lowest BCUT2D eigenvalue weighted by atomic mass is 10.1. The Hall–Kier alpha value is -3.20. The minimum absolute atomic E-state index is 0.984. The maximum absolute atomic E-state index is 4.23. The molecule has 4 aromatic rings. The van der Waals surface area contributed by atoms with Gasteiger partial charge in [-0.05, 0) is 23.3 Å². The molecule has 0 fully saturated rings. The molecule has 3 heteroatoms. The number of hydrogen-bond acceptors (Lipinski definition) is 2. The smallest absolute Gasteiger partial charge is 0.0944 e. The predicted molar refractivity (Wildman–Crippen MR) is 92.2 cm³/mol. The molecule has 0 aliphatic carbocycles. The summed E-state index contributed by atoms with van der Waals surface area (Å²) in [7, 11) is 0. The first-order chi connectivity index (χ1) is 11.4. The van der Waals surface area contributed by atoms with Crippen molar-refractivity contribution in [2.75, 3.05) is 0 Å². The van der Waals surface area contributed by atoms with Crippen molar-refractivity contribution < 1.29 is 0 Å². The molecule has 0 atom stereocenters. The van der Waals surface area contributed by atoms with Crippen molar-refractivity contribution in [2.45, 2.75) is 0 Å². The van der Waals surface area contributed by atoms with Gasteiger partial charge in [0.2, 0.25) is 0 Å². The highest BCUT2D eigenvalue weighted by molar-refractivity contribution is 5.66. The average molecular weight is 297 g/mol.